The number of phosphoric acid groups is 1. The Bertz CT molecular complexity index is 1030. The molecular formula is C17H25ClN5O7P. The Morgan fingerprint density at radius 2 is 2.03 bits per heavy atom. The Morgan fingerprint density at radius 3 is 2.71 bits per heavy atom. The zero-order chi connectivity index (χ0) is 22.6. The SMILES string of the molecule is COP(=O)(OC)OC[C@H]1O[C@@H](n2cnc3c(N)nc(Cl)nc32)[C@@]2(C)COC(C)(C)OC12. The number of imidazole rings is 1. The highest BCUT2D eigenvalue weighted by Gasteiger charge is 2.60. The molecule has 2 aliphatic heterocycles. The summed E-state index contributed by atoms with van der Waals surface area (Å²) in [5, 5.41) is -0.00950. The molecule has 4 atom stereocenters. The van der Waals surface area contributed by atoms with Gasteiger partial charge < -0.3 is 19.9 Å². The van der Waals surface area contributed by atoms with E-state index in [1.54, 1.807) is 10.9 Å². The van der Waals surface area contributed by atoms with Crippen molar-refractivity contribution in [3.8, 4) is 0 Å². The van der Waals surface area contributed by atoms with Gasteiger partial charge in [-0.3, -0.25) is 18.1 Å². The molecule has 14 heteroatoms. The van der Waals surface area contributed by atoms with Crippen LogP contribution in [0.25, 0.3) is 11.2 Å². The molecule has 1 unspecified atom stereocenters. The molecule has 0 saturated carbocycles. The number of hydrogen-bond donors (Lipinski definition) is 1. The zero-order valence-electron chi connectivity index (χ0n) is 17.8. The van der Waals surface area contributed by atoms with Crippen molar-refractivity contribution in [1.82, 2.24) is 19.5 Å². The van der Waals surface area contributed by atoms with Crippen LogP contribution in [0.5, 0.6) is 0 Å². The molecule has 2 aliphatic rings. The van der Waals surface area contributed by atoms with Crippen LogP contribution in [0, 0.1) is 5.41 Å². The van der Waals surface area contributed by atoms with Gasteiger partial charge in [0.1, 0.15) is 24.0 Å². The smallest absolute Gasteiger partial charge is 0.382 e. The Hall–Kier alpha value is -1.37. The molecule has 4 rings (SSSR count). The molecule has 0 radical (unpaired) electrons. The molecule has 0 aromatic carbocycles. The third kappa shape index (κ3) is 3.96. The second-order valence-corrected chi connectivity index (χ2v) is 10.3. The fraction of sp³-hybridized carbons (Fsp3) is 0.706. The van der Waals surface area contributed by atoms with Crippen LogP contribution in [0.1, 0.15) is 27.0 Å². The van der Waals surface area contributed by atoms with Crippen LogP contribution < -0.4 is 5.73 Å². The van der Waals surface area contributed by atoms with Gasteiger partial charge in [-0.15, -0.1) is 0 Å². The van der Waals surface area contributed by atoms with Crippen LogP contribution in [0.15, 0.2) is 6.33 Å². The van der Waals surface area contributed by atoms with E-state index in [9.17, 15) is 4.57 Å². The normalized spacial score (nSPS) is 30.6. The third-order valence-electron chi connectivity index (χ3n) is 5.51. The van der Waals surface area contributed by atoms with E-state index in [1.165, 1.54) is 14.2 Å². The number of ether oxygens (including phenoxy) is 3. The van der Waals surface area contributed by atoms with E-state index in [-0.39, 0.29) is 17.7 Å². The van der Waals surface area contributed by atoms with Crippen molar-refractivity contribution in [2.75, 3.05) is 33.2 Å². The van der Waals surface area contributed by atoms with Crippen LogP contribution >= 0.6 is 19.4 Å². The van der Waals surface area contributed by atoms with Gasteiger partial charge in [-0.25, -0.2) is 9.55 Å². The molecule has 172 valence electrons. The van der Waals surface area contributed by atoms with E-state index in [0.29, 0.717) is 17.8 Å². The van der Waals surface area contributed by atoms with Gasteiger partial charge in [0.15, 0.2) is 17.3 Å². The minimum atomic E-state index is -3.71. The molecular weight excluding hydrogens is 453 g/mol. The Labute approximate surface area is 183 Å². The van der Waals surface area contributed by atoms with E-state index in [1.807, 2.05) is 20.8 Å². The summed E-state index contributed by atoms with van der Waals surface area (Å²) >= 11 is 6.02. The molecule has 12 nitrogen and oxygen atoms in total. The molecule has 2 fully saturated rings. The molecule has 0 bridgehead atoms. The predicted molar refractivity (Wildman–Crippen MR) is 109 cm³/mol. The second kappa shape index (κ2) is 7.89. The number of hydrogen-bond acceptors (Lipinski definition) is 11. The van der Waals surface area contributed by atoms with Crippen molar-refractivity contribution in [3.05, 3.63) is 11.6 Å². The van der Waals surface area contributed by atoms with Gasteiger partial charge in [0.2, 0.25) is 5.28 Å². The average Bonchev–Trinajstić information content (AvgIpc) is 3.25. The third-order valence-corrected chi connectivity index (χ3v) is 7.04. The number of halogens is 1. The quantitative estimate of drug-likeness (QED) is 0.484. The van der Waals surface area contributed by atoms with Gasteiger partial charge in [-0.1, -0.05) is 6.92 Å². The Kier molecular flexibility index (Phi) is 5.81. The molecule has 2 saturated heterocycles. The average molecular weight is 478 g/mol. The molecule has 31 heavy (non-hydrogen) atoms. The number of nitrogens with zero attached hydrogens (tertiary/aromatic N) is 4. The maximum Gasteiger partial charge on any atom is 0.474 e. The molecule has 0 spiro atoms. The minimum Gasteiger partial charge on any atom is -0.382 e. The molecule has 0 aliphatic carbocycles. The highest BCUT2D eigenvalue weighted by Crippen LogP contribution is 2.54. The van der Waals surface area contributed by atoms with E-state index in [0.717, 1.165) is 0 Å². The number of phosphoric ester groups is 1. The van der Waals surface area contributed by atoms with E-state index in [2.05, 4.69) is 15.0 Å². The topological polar surface area (TPSA) is 142 Å². The fourth-order valence-electron chi connectivity index (χ4n) is 3.93. The molecule has 2 aromatic rings. The summed E-state index contributed by atoms with van der Waals surface area (Å²) in [6, 6.07) is 0. The van der Waals surface area contributed by atoms with E-state index >= 15 is 0 Å². The summed E-state index contributed by atoms with van der Waals surface area (Å²) in [6.07, 6.45) is -0.168. The Morgan fingerprint density at radius 1 is 1.32 bits per heavy atom. The van der Waals surface area contributed by atoms with Crippen LogP contribution in [-0.4, -0.2) is 64.9 Å². The highest BCUT2D eigenvalue weighted by molar-refractivity contribution is 7.48. The van der Waals surface area contributed by atoms with Crippen molar-refractivity contribution in [3.63, 3.8) is 0 Å². The maximum atomic E-state index is 12.4. The first-order valence-electron chi connectivity index (χ1n) is 9.51. The lowest BCUT2D eigenvalue weighted by molar-refractivity contribution is -0.314. The van der Waals surface area contributed by atoms with Crippen LogP contribution in [-0.2, 0) is 32.3 Å². The number of fused-ring (bicyclic) bond motifs is 2. The van der Waals surface area contributed by atoms with Gasteiger partial charge in [-0.2, -0.15) is 9.97 Å². The maximum absolute atomic E-state index is 12.4. The van der Waals surface area contributed by atoms with Gasteiger partial charge in [0.25, 0.3) is 0 Å². The predicted octanol–water partition coefficient (Wildman–Crippen LogP) is 2.53. The van der Waals surface area contributed by atoms with Crippen LogP contribution in [0.3, 0.4) is 0 Å². The monoisotopic (exact) mass is 477 g/mol. The van der Waals surface area contributed by atoms with Gasteiger partial charge in [-0.05, 0) is 25.4 Å². The summed E-state index contributed by atoms with van der Waals surface area (Å²) in [5.41, 5.74) is 6.08. The summed E-state index contributed by atoms with van der Waals surface area (Å²) in [7, 11) is -1.22. The van der Waals surface area contributed by atoms with Crippen molar-refractivity contribution in [2.45, 2.75) is 45.0 Å². The van der Waals surface area contributed by atoms with Gasteiger partial charge in [0.05, 0.1) is 25.0 Å². The standard InChI is InChI=1S/C17H25ClN5O7P/c1-16(2)27-7-17(3)11(30-16)9(6-28-31(24,25-4)26-5)29-14(17)23-8-20-10-12(19)21-15(18)22-13(10)23/h8-9,11,14H,6-7H2,1-5H3,(H2,19,21,22)/t9-,11?,14-,17+/m1/s1. The van der Waals surface area contributed by atoms with Crippen molar-refractivity contribution >= 4 is 36.4 Å². The summed E-state index contributed by atoms with van der Waals surface area (Å²) in [6.45, 7) is 5.80. The fourth-order valence-corrected chi connectivity index (χ4v) is 4.79. The highest BCUT2D eigenvalue weighted by atomic mass is 35.5. The van der Waals surface area contributed by atoms with E-state index in [4.69, 9.17) is 45.1 Å². The number of aromatic nitrogens is 4. The Balaban J connectivity index is 1.72. The zero-order valence-corrected chi connectivity index (χ0v) is 19.4. The van der Waals surface area contributed by atoms with Crippen molar-refractivity contribution < 1.29 is 32.3 Å². The van der Waals surface area contributed by atoms with Crippen molar-refractivity contribution in [2.24, 2.45) is 5.41 Å². The summed E-state index contributed by atoms with van der Waals surface area (Å²) in [5.74, 6) is -0.688. The lowest BCUT2D eigenvalue weighted by Gasteiger charge is -2.45. The summed E-state index contributed by atoms with van der Waals surface area (Å²) < 4.78 is 47.8. The van der Waals surface area contributed by atoms with Crippen LogP contribution in [0.4, 0.5) is 5.82 Å². The lowest BCUT2D eigenvalue weighted by atomic mass is 9.81. The van der Waals surface area contributed by atoms with Crippen molar-refractivity contribution in [1.29, 1.82) is 0 Å². The molecule has 0 amide bonds. The number of nitrogen functional groups attached to an aromatic ring is 1. The number of anilines is 1. The molecule has 2 aromatic heterocycles. The second-order valence-electron chi connectivity index (χ2n) is 8.07. The first-order valence-corrected chi connectivity index (χ1v) is 11.3. The minimum absolute atomic E-state index is 0.00950. The first-order chi connectivity index (χ1) is 14.5. The molecule has 2 N–H and O–H groups in total. The summed E-state index contributed by atoms with van der Waals surface area (Å²) in [4.78, 5) is 12.5. The largest absolute Gasteiger partial charge is 0.474 e. The number of nitrogens with two attached hydrogens (primary N) is 1. The van der Waals surface area contributed by atoms with Gasteiger partial charge in [0, 0.05) is 14.2 Å². The number of rotatable bonds is 6. The van der Waals surface area contributed by atoms with E-state index < -0.39 is 37.5 Å². The van der Waals surface area contributed by atoms with Crippen LogP contribution in [0.2, 0.25) is 5.28 Å². The first kappa shape index (κ1) is 22.8. The lowest BCUT2D eigenvalue weighted by Crippen LogP contribution is -2.54. The van der Waals surface area contributed by atoms with Gasteiger partial charge >= 0.3 is 7.82 Å². The molecule has 4 heterocycles.